The molecule has 0 fully saturated rings. The molecule has 2 atom stereocenters. The van der Waals surface area contributed by atoms with E-state index in [1.165, 1.54) is 13.8 Å². The van der Waals surface area contributed by atoms with Crippen molar-refractivity contribution in [3.8, 4) is 0 Å². The zero-order chi connectivity index (χ0) is 9.94. The summed E-state index contributed by atoms with van der Waals surface area (Å²) in [7, 11) is -3.57. The van der Waals surface area contributed by atoms with E-state index in [1.807, 2.05) is 0 Å². The highest BCUT2D eigenvalue weighted by molar-refractivity contribution is 7.86. The average Bonchev–Trinajstić information content (AvgIpc) is 1.82. The van der Waals surface area contributed by atoms with Gasteiger partial charge in [-0.15, -0.1) is 0 Å². The van der Waals surface area contributed by atoms with Gasteiger partial charge in [-0.1, -0.05) is 0 Å². The van der Waals surface area contributed by atoms with E-state index in [1.54, 1.807) is 0 Å². The zero-order valence-corrected chi connectivity index (χ0v) is 7.96. The van der Waals surface area contributed by atoms with Crippen molar-refractivity contribution in [1.82, 2.24) is 0 Å². The van der Waals surface area contributed by atoms with Crippen LogP contribution in [0.15, 0.2) is 0 Å². The molecule has 0 spiro atoms. The third-order valence-corrected chi connectivity index (χ3v) is 2.07. The van der Waals surface area contributed by atoms with Gasteiger partial charge in [-0.05, 0) is 13.8 Å². The number of hydrogen-bond acceptors (Lipinski definition) is 4. The Hall–Kier alpha value is -0.620. The molecule has 0 radical (unpaired) electrons. The Labute approximate surface area is 71.5 Å². The first kappa shape index (κ1) is 11.4. The van der Waals surface area contributed by atoms with E-state index in [9.17, 15) is 13.2 Å². The average molecular weight is 196 g/mol. The maximum Gasteiger partial charge on any atom is 0.308 e. The maximum atomic E-state index is 10.6. The summed E-state index contributed by atoms with van der Waals surface area (Å²) in [5.74, 6) is -1.91. The fraction of sp³-hybridized carbons (Fsp3) is 0.833. The Kier molecular flexibility index (Phi) is 3.66. The molecule has 6 heteroatoms. The van der Waals surface area contributed by atoms with Gasteiger partial charge in [-0.2, -0.15) is 8.42 Å². The van der Waals surface area contributed by atoms with Crippen molar-refractivity contribution >= 4 is 16.1 Å². The van der Waals surface area contributed by atoms with Gasteiger partial charge in [0.15, 0.2) is 0 Å². The fourth-order valence-electron chi connectivity index (χ4n) is 0.560. The first-order valence-corrected chi connectivity index (χ1v) is 5.16. The molecule has 0 saturated carbocycles. The van der Waals surface area contributed by atoms with E-state index >= 15 is 0 Å². The summed E-state index contributed by atoms with van der Waals surface area (Å²) in [6.07, 6.45) is 0.0513. The minimum atomic E-state index is -3.57. The van der Waals surface area contributed by atoms with Crippen LogP contribution in [0.4, 0.5) is 0 Å². The van der Waals surface area contributed by atoms with Crippen LogP contribution in [0.5, 0.6) is 0 Å². The second kappa shape index (κ2) is 3.86. The molecular weight excluding hydrogens is 184 g/mol. The van der Waals surface area contributed by atoms with Gasteiger partial charge in [0.2, 0.25) is 0 Å². The summed E-state index contributed by atoms with van der Waals surface area (Å²) < 4.78 is 25.6. The molecule has 0 aromatic carbocycles. The Morgan fingerprint density at radius 2 is 1.83 bits per heavy atom. The smallest absolute Gasteiger partial charge is 0.308 e. The van der Waals surface area contributed by atoms with E-state index in [-0.39, 0.29) is 0 Å². The standard InChI is InChI=1S/C6H12O5S/c1-4(6(7)8)5(2)11-12(3,9)10/h4-5H,1-3H3,(H,7,8)/t4-,5?/m0/s1. The Morgan fingerprint density at radius 3 is 2.08 bits per heavy atom. The van der Waals surface area contributed by atoms with Crippen molar-refractivity contribution in [3.05, 3.63) is 0 Å². The summed E-state index contributed by atoms with van der Waals surface area (Å²) >= 11 is 0. The molecule has 1 unspecified atom stereocenters. The predicted molar refractivity (Wildman–Crippen MR) is 42.2 cm³/mol. The molecule has 0 aliphatic carbocycles. The first-order valence-electron chi connectivity index (χ1n) is 3.35. The molecule has 0 bridgehead atoms. The largest absolute Gasteiger partial charge is 0.481 e. The Balaban J connectivity index is 4.23. The first-order chi connectivity index (χ1) is 5.24. The van der Waals surface area contributed by atoms with E-state index in [2.05, 4.69) is 4.18 Å². The van der Waals surface area contributed by atoms with Crippen molar-refractivity contribution in [3.63, 3.8) is 0 Å². The molecule has 72 valence electrons. The molecule has 1 N–H and O–H groups in total. The van der Waals surface area contributed by atoms with Gasteiger partial charge in [0, 0.05) is 0 Å². The molecule has 5 nitrogen and oxygen atoms in total. The molecule has 12 heavy (non-hydrogen) atoms. The summed E-state index contributed by atoms with van der Waals surface area (Å²) in [5.41, 5.74) is 0. The minimum absolute atomic E-state index is 0.834. The summed E-state index contributed by atoms with van der Waals surface area (Å²) in [5, 5.41) is 8.47. The van der Waals surface area contributed by atoms with Crippen LogP contribution in [0.25, 0.3) is 0 Å². The van der Waals surface area contributed by atoms with Crippen LogP contribution in [0, 0.1) is 5.92 Å². The summed E-state index contributed by atoms with van der Waals surface area (Å²) in [6.45, 7) is 2.79. The third kappa shape index (κ3) is 4.30. The number of hydrogen-bond donors (Lipinski definition) is 1. The molecular formula is C6H12O5S. The van der Waals surface area contributed by atoms with Crippen LogP contribution in [0.1, 0.15) is 13.8 Å². The quantitative estimate of drug-likeness (QED) is 0.643. The van der Waals surface area contributed by atoms with Crippen LogP contribution in [0.2, 0.25) is 0 Å². The van der Waals surface area contributed by atoms with Gasteiger partial charge in [-0.25, -0.2) is 0 Å². The molecule has 0 amide bonds. The predicted octanol–water partition coefficient (Wildman–Crippen LogP) is 0.0718. The second-order valence-electron chi connectivity index (χ2n) is 2.63. The monoisotopic (exact) mass is 196 g/mol. The number of carboxylic acid groups (broad SMARTS) is 1. The fourth-order valence-corrected chi connectivity index (χ4v) is 1.28. The van der Waals surface area contributed by atoms with Crippen molar-refractivity contribution in [1.29, 1.82) is 0 Å². The number of carbonyl (C=O) groups is 1. The highest BCUT2D eigenvalue weighted by Gasteiger charge is 2.23. The molecule has 0 heterocycles. The SMILES string of the molecule is CC(OS(C)(=O)=O)[C@H](C)C(=O)O. The van der Waals surface area contributed by atoms with Gasteiger partial charge in [0.1, 0.15) is 0 Å². The van der Waals surface area contributed by atoms with Gasteiger partial charge < -0.3 is 5.11 Å². The van der Waals surface area contributed by atoms with E-state index in [0.29, 0.717) is 0 Å². The minimum Gasteiger partial charge on any atom is -0.481 e. The highest BCUT2D eigenvalue weighted by atomic mass is 32.2. The lowest BCUT2D eigenvalue weighted by atomic mass is 10.1. The third-order valence-electron chi connectivity index (χ3n) is 1.42. The van der Waals surface area contributed by atoms with Gasteiger partial charge in [0.25, 0.3) is 10.1 Å². The Morgan fingerprint density at radius 1 is 1.42 bits per heavy atom. The normalized spacial score (nSPS) is 16.9. The van der Waals surface area contributed by atoms with Crippen molar-refractivity contribution in [2.75, 3.05) is 6.26 Å². The summed E-state index contributed by atoms with van der Waals surface area (Å²) in [4.78, 5) is 10.4. The zero-order valence-electron chi connectivity index (χ0n) is 7.14. The van der Waals surface area contributed by atoms with E-state index < -0.39 is 28.1 Å². The van der Waals surface area contributed by atoms with Gasteiger partial charge >= 0.3 is 5.97 Å². The van der Waals surface area contributed by atoms with Crippen LogP contribution in [0.3, 0.4) is 0 Å². The van der Waals surface area contributed by atoms with Crippen molar-refractivity contribution < 1.29 is 22.5 Å². The Bertz CT molecular complexity index is 255. The van der Waals surface area contributed by atoms with Crippen LogP contribution < -0.4 is 0 Å². The van der Waals surface area contributed by atoms with Gasteiger partial charge in [-0.3, -0.25) is 8.98 Å². The van der Waals surface area contributed by atoms with E-state index in [0.717, 1.165) is 6.26 Å². The molecule has 0 rings (SSSR count). The molecule has 0 aliphatic heterocycles. The van der Waals surface area contributed by atoms with Crippen molar-refractivity contribution in [2.24, 2.45) is 5.92 Å². The lowest BCUT2D eigenvalue weighted by Crippen LogP contribution is -2.27. The number of rotatable bonds is 4. The molecule has 0 aromatic heterocycles. The number of carboxylic acids is 1. The van der Waals surface area contributed by atoms with Gasteiger partial charge in [0.05, 0.1) is 18.3 Å². The van der Waals surface area contributed by atoms with Crippen molar-refractivity contribution in [2.45, 2.75) is 20.0 Å². The maximum absolute atomic E-state index is 10.6. The molecule has 0 aromatic rings. The molecule has 0 aliphatic rings. The highest BCUT2D eigenvalue weighted by Crippen LogP contribution is 2.09. The lowest BCUT2D eigenvalue weighted by Gasteiger charge is -2.14. The lowest BCUT2D eigenvalue weighted by molar-refractivity contribution is -0.143. The topological polar surface area (TPSA) is 80.7 Å². The van der Waals surface area contributed by atoms with E-state index in [4.69, 9.17) is 5.11 Å². The number of aliphatic carboxylic acids is 1. The summed E-state index contributed by atoms with van der Waals surface area (Å²) in [6, 6.07) is 0. The van der Waals surface area contributed by atoms with Crippen LogP contribution in [-0.2, 0) is 19.1 Å². The second-order valence-corrected chi connectivity index (χ2v) is 4.23. The molecule has 0 saturated heterocycles. The van der Waals surface area contributed by atoms with Crippen LogP contribution >= 0.6 is 0 Å². The van der Waals surface area contributed by atoms with Crippen LogP contribution in [-0.4, -0.2) is 31.9 Å².